The van der Waals surface area contributed by atoms with Crippen LogP contribution in [0.15, 0.2) is 42.5 Å². The molecule has 0 saturated carbocycles. The number of carbonyl (C=O) groups is 4. The molecule has 2 aromatic rings. The Bertz CT molecular complexity index is 1290. The Morgan fingerprint density at radius 2 is 1.59 bits per heavy atom. The van der Waals surface area contributed by atoms with Crippen molar-refractivity contribution in [3.05, 3.63) is 64.7 Å². The predicted octanol–water partition coefficient (Wildman–Crippen LogP) is 4.62. The third kappa shape index (κ3) is 7.54. The molecule has 2 unspecified atom stereocenters. The van der Waals surface area contributed by atoms with E-state index >= 15 is 0 Å². The molecule has 0 radical (unpaired) electrons. The number of rotatable bonds is 12. The second-order valence-electron chi connectivity index (χ2n) is 12.2. The van der Waals surface area contributed by atoms with Gasteiger partial charge in [0.25, 0.3) is 0 Å². The van der Waals surface area contributed by atoms with Gasteiger partial charge in [-0.2, -0.15) is 0 Å². The zero-order valence-corrected chi connectivity index (χ0v) is 24.8. The molecule has 0 aliphatic heterocycles. The number of benzene rings is 2. The van der Waals surface area contributed by atoms with Gasteiger partial charge in [0, 0.05) is 24.3 Å². The minimum Gasteiger partial charge on any atom is -0.497 e. The summed E-state index contributed by atoms with van der Waals surface area (Å²) in [5.41, 5.74) is 3.79. The summed E-state index contributed by atoms with van der Waals surface area (Å²) in [6.45, 7) is 8.00. The zero-order chi connectivity index (χ0) is 29.7. The van der Waals surface area contributed by atoms with Gasteiger partial charge in [0.2, 0.25) is 17.7 Å². The summed E-state index contributed by atoms with van der Waals surface area (Å²) in [4.78, 5) is 52.7. The summed E-state index contributed by atoms with van der Waals surface area (Å²) >= 11 is 0. The minimum atomic E-state index is -0.793. The highest BCUT2D eigenvalue weighted by molar-refractivity contribution is 6.02. The largest absolute Gasteiger partial charge is 0.497 e. The topological polar surface area (TPSA) is 114 Å². The maximum absolute atomic E-state index is 13.5. The molecule has 0 bridgehead atoms. The molecule has 0 heterocycles. The molecule has 41 heavy (non-hydrogen) atoms. The van der Waals surface area contributed by atoms with Gasteiger partial charge < -0.3 is 20.7 Å². The maximum atomic E-state index is 13.5. The van der Waals surface area contributed by atoms with Gasteiger partial charge in [-0.25, -0.2) is 0 Å². The quantitative estimate of drug-likeness (QED) is 0.350. The second-order valence-corrected chi connectivity index (χ2v) is 12.2. The molecule has 0 aromatic heterocycles. The Morgan fingerprint density at radius 3 is 2.27 bits per heavy atom. The molecule has 0 fully saturated rings. The Morgan fingerprint density at radius 1 is 0.902 bits per heavy atom. The lowest BCUT2D eigenvalue weighted by Crippen LogP contribution is -2.54. The number of carbonyl (C=O) groups excluding carboxylic acids is 4. The fraction of sp³-hybridized carbons (Fsp3) is 0.515. The average molecular weight is 562 g/mol. The Labute approximate surface area is 243 Å². The fourth-order valence-corrected chi connectivity index (χ4v) is 6.02. The third-order valence-electron chi connectivity index (χ3n) is 8.01. The van der Waals surface area contributed by atoms with E-state index < -0.39 is 12.1 Å². The molecule has 8 nitrogen and oxygen atoms in total. The number of aryl methyl sites for hydroxylation is 1. The van der Waals surface area contributed by atoms with E-state index in [1.807, 2.05) is 52.0 Å². The second kappa shape index (κ2) is 13.3. The van der Waals surface area contributed by atoms with Crippen LogP contribution in [0.5, 0.6) is 5.75 Å². The lowest BCUT2D eigenvalue weighted by atomic mass is 9.96. The first kappa shape index (κ1) is 30.3. The highest BCUT2D eigenvalue weighted by atomic mass is 16.5. The van der Waals surface area contributed by atoms with Crippen molar-refractivity contribution < 1.29 is 23.9 Å². The number of hydrogen-bond donors (Lipinski definition) is 3. The van der Waals surface area contributed by atoms with Gasteiger partial charge in [-0.15, -0.1) is 0 Å². The number of amides is 3. The molecule has 2 aromatic carbocycles. The smallest absolute Gasteiger partial charge is 0.243 e. The molecule has 220 valence electrons. The molecule has 3 N–H and O–H groups in total. The molecular formula is C33H43N3O5. The van der Waals surface area contributed by atoms with E-state index in [4.69, 9.17) is 4.74 Å². The summed E-state index contributed by atoms with van der Waals surface area (Å²) in [7, 11) is 1.56. The van der Waals surface area contributed by atoms with Crippen molar-refractivity contribution in [2.75, 3.05) is 7.11 Å². The van der Waals surface area contributed by atoms with Gasteiger partial charge in [0.1, 0.15) is 17.8 Å². The van der Waals surface area contributed by atoms with Crippen LogP contribution in [-0.2, 0) is 20.8 Å². The molecular weight excluding hydrogens is 518 g/mol. The molecule has 8 heteroatoms. The van der Waals surface area contributed by atoms with Crippen LogP contribution >= 0.6 is 0 Å². The first-order chi connectivity index (χ1) is 19.5. The number of hydrogen-bond acceptors (Lipinski definition) is 5. The minimum absolute atomic E-state index is 0.00403. The standard InChI is InChI=1S/C33H43N3O5/c1-19(2)14-28(34-31(38)17-22-16-30(37)25-12-11-23(41-5)18-26(22)25)32(39)36-29(15-20(3)4)33(40)35-27-13-10-21-8-6-7-9-24(21)27/h6-9,11-12,18-20,22,27-29H,10,13-17H2,1-5H3,(H,34,38)(H,35,40)(H,36,39)/t22?,27?,28-,29-/m0/s1. The van der Waals surface area contributed by atoms with E-state index in [0.717, 1.165) is 24.0 Å². The molecule has 2 aliphatic carbocycles. The molecule has 4 rings (SSSR count). The number of methoxy groups -OCH3 is 1. The van der Waals surface area contributed by atoms with Crippen molar-refractivity contribution in [1.82, 2.24) is 16.0 Å². The van der Waals surface area contributed by atoms with E-state index in [9.17, 15) is 19.2 Å². The van der Waals surface area contributed by atoms with Gasteiger partial charge in [-0.1, -0.05) is 52.0 Å². The van der Waals surface area contributed by atoms with Gasteiger partial charge in [0.15, 0.2) is 5.78 Å². The van der Waals surface area contributed by atoms with Crippen molar-refractivity contribution >= 4 is 23.5 Å². The van der Waals surface area contributed by atoms with Crippen LogP contribution in [0.1, 0.15) is 98.8 Å². The number of ether oxygens (including phenoxy) is 1. The molecule has 0 saturated heterocycles. The normalized spacial score (nSPS) is 19.0. The van der Waals surface area contributed by atoms with E-state index in [1.165, 1.54) is 5.56 Å². The van der Waals surface area contributed by atoms with E-state index in [-0.39, 0.29) is 60.1 Å². The van der Waals surface area contributed by atoms with Gasteiger partial charge in [-0.3, -0.25) is 19.2 Å². The Hall–Kier alpha value is -3.68. The van der Waals surface area contributed by atoms with Gasteiger partial charge >= 0.3 is 0 Å². The van der Waals surface area contributed by atoms with Crippen LogP contribution in [0.4, 0.5) is 0 Å². The van der Waals surface area contributed by atoms with Crippen LogP contribution in [0, 0.1) is 11.8 Å². The number of nitrogens with one attached hydrogen (secondary N) is 3. The highest BCUT2D eigenvalue weighted by Gasteiger charge is 2.34. The van der Waals surface area contributed by atoms with Crippen molar-refractivity contribution in [1.29, 1.82) is 0 Å². The summed E-state index contributed by atoms with van der Waals surface area (Å²) in [5.74, 6) is -0.201. The molecule has 3 amide bonds. The third-order valence-corrected chi connectivity index (χ3v) is 8.01. The van der Waals surface area contributed by atoms with Gasteiger partial charge in [-0.05, 0) is 72.4 Å². The molecule has 4 atom stereocenters. The van der Waals surface area contributed by atoms with Crippen molar-refractivity contribution in [2.24, 2.45) is 11.8 Å². The maximum Gasteiger partial charge on any atom is 0.243 e. The lowest BCUT2D eigenvalue weighted by molar-refractivity contribution is -0.133. The number of fused-ring (bicyclic) bond motifs is 2. The van der Waals surface area contributed by atoms with Crippen LogP contribution in [0.25, 0.3) is 0 Å². The predicted molar refractivity (Wildman–Crippen MR) is 158 cm³/mol. The van der Waals surface area contributed by atoms with Crippen molar-refractivity contribution in [3.8, 4) is 5.75 Å². The average Bonchev–Trinajstić information content (AvgIpc) is 3.47. The van der Waals surface area contributed by atoms with E-state index in [2.05, 4.69) is 22.0 Å². The SMILES string of the molecule is COc1ccc2c(c1)C(CC(=O)N[C@@H](CC(C)C)C(=O)N[C@@H](CC(C)C)C(=O)NC1CCc3ccccc31)CC2=O. The van der Waals surface area contributed by atoms with Crippen LogP contribution in [-0.4, -0.2) is 42.7 Å². The fourth-order valence-electron chi connectivity index (χ4n) is 6.02. The highest BCUT2D eigenvalue weighted by Crippen LogP contribution is 2.37. The zero-order valence-electron chi connectivity index (χ0n) is 24.8. The van der Waals surface area contributed by atoms with Crippen LogP contribution in [0.2, 0.25) is 0 Å². The first-order valence-electron chi connectivity index (χ1n) is 14.7. The van der Waals surface area contributed by atoms with Crippen molar-refractivity contribution in [2.45, 2.75) is 90.3 Å². The number of ketones is 1. The molecule has 0 spiro atoms. The Balaban J connectivity index is 1.42. The summed E-state index contributed by atoms with van der Waals surface area (Å²) in [6, 6.07) is 11.8. The van der Waals surface area contributed by atoms with E-state index in [1.54, 1.807) is 19.2 Å². The first-order valence-corrected chi connectivity index (χ1v) is 14.7. The summed E-state index contributed by atoms with van der Waals surface area (Å²) in [6.07, 6.45) is 2.99. The van der Waals surface area contributed by atoms with Crippen LogP contribution in [0.3, 0.4) is 0 Å². The summed E-state index contributed by atoms with van der Waals surface area (Å²) in [5, 5.41) is 9.01. The number of Topliss-reactive ketones (excluding diaryl/α,β-unsaturated/α-hetero) is 1. The molecule has 2 aliphatic rings. The Kier molecular flexibility index (Phi) is 9.84. The summed E-state index contributed by atoms with van der Waals surface area (Å²) < 4.78 is 5.31. The van der Waals surface area contributed by atoms with Crippen LogP contribution < -0.4 is 20.7 Å². The van der Waals surface area contributed by atoms with Crippen molar-refractivity contribution in [3.63, 3.8) is 0 Å². The lowest BCUT2D eigenvalue weighted by Gasteiger charge is -2.26. The van der Waals surface area contributed by atoms with Gasteiger partial charge in [0.05, 0.1) is 13.2 Å². The monoisotopic (exact) mass is 561 g/mol. The van der Waals surface area contributed by atoms with E-state index in [0.29, 0.717) is 24.2 Å².